The van der Waals surface area contributed by atoms with Gasteiger partial charge in [-0.05, 0) is 32.4 Å². The third-order valence-corrected chi connectivity index (χ3v) is 3.81. The number of nitrogens with one attached hydrogen (secondary N) is 2. The summed E-state index contributed by atoms with van der Waals surface area (Å²) in [7, 11) is 0. The molecule has 0 aromatic carbocycles. The van der Waals surface area contributed by atoms with Crippen molar-refractivity contribution in [3.8, 4) is 0 Å². The molecule has 2 N–H and O–H groups in total. The van der Waals surface area contributed by atoms with Gasteiger partial charge < -0.3 is 10.6 Å². The molecule has 0 heterocycles. The molecule has 0 rings (SSSR count). The van der Waals surface area contributed by atoms with Gasteiger partial charge >= 0.3 is 0 Å². The summed E-state index contributed by atoms with van der Waals surface area (Å²) < 4.78 is 0. The summed E-state index contributed by atoms with van der Waals surface area (Å²) in [4.78, 5) is 11.9. The molecule has 1 amide bonds. The summed E-state index contributed by atoms with van der Waals surface area (Å²) in [6.07, 6.45) is 5.15. The summed E-state index contributed by atoms with van der Waals surface area (Å²) in [5.74, 6) is 1.18. The van der Waals surface area contributed by atoms with Crippen LogP contribution in [0, 0.1) is 0 Å². The molecule has 0 aliphatic rings. The second kappa shape index (κ2) is 9.77. The van der Waals surface area contributed by atoms with Crippen LogP contribution in [0.3, 0.4) is 0 Å². The van der Waals surface area contributed by atoms with Gasteiger partial charge in [0.05, 0.1) is 6.04 Å². The Morgan fingerprint density at radius 3 is 2.06 bits per heavy atom. The molecule has 0 radical (unpaired) electrons. The molecule has 0 aromatic rings. The molecule has 0 spiro atoms. The van der Waals surface area contributed by atoms with Gasteiger partial charge in [0.25, 0.3) is 0 Å². The quantitative estimate of drug-likeness (QED) is 0.669. The van der Waals surface area contributed by atoms with Gasteiger partial charge in [-0.2, -0.15) is 11.8 Å². The predicted octanol–water partition coefficient (Wildman–Crippen LogP) is 2.41. The molecule has 0 saturated heterocycles. The molecule has 0 fully saturated rings. The summed E-state index contributed by atoms with van der Waals surface area (Å²) in [6.45, 7) is 8.31. The van der Waals surface area contributed by atoms with E-state index in [0.717, 1.165) is 25.0 Å². The minimum absolute atomic E-state index is 0.104. The second-order valence-electron chi connectivity index (χ2n) is 4.47. The van der Waals surface area contributed by atoms with Crippen molar-refractivity contribution >= 4 is 17.7 Å². The zero-order valence-electron chi connectivity index (χ0n) is 11.9. The molecular formula is C13H28N2OS. The first-order valence-corrected chi connectivity index (χ1v) is 8.03. The largest absolute Gasteiger partial charge is 0.352 e. The van der Waals surface area contributed by atoms with E-state index in [0.29, 0.717) is 12.1 Å². The minimum atomic E-state index is -0.104. The lowest BCUT2D eigenvalue weighted by atomic mass is 10.1. The van der Waals surface area contributed by atoms with Gasteiger partial charge in [0.15, 0.2) is 0 Å². The molecule has 0 aliphatic heterocycles. The van der Waals surface area contributed by atoms with E-state index < -0.39 is 0 Å². The van der Waals surface area contributed by atoms with Gasteiger partial charge in [-0.15, -0.1) is 0 Å². The maximum atomic E-state index is 11.9. The van der Waals surface area contributed by atoms with E-state index in [1.807, 2.05) is 18.7 Å². The fourth-order valence-electron chi connectivity index (χ4n) is 1.73. The fraction of sp³-hybridized carbons (Fsp3) is 0.923. The van der Waals surface area contributed by atoms with Crippen LogP contribution in [0.15, 0.2) is 0 Å². The van der Waals surface area contributed by atoms with E-state index in [-0.39, 0.29) is 11.9 Å². The number of hydrogen-bond acceptors (Lipinski definition) is 3. The van der Waals surface area contributed by atoms with Gasteiger partial charge in [0.2, 0.25) is 5.91 Å². The Labute approximate surface area is 111 Å². The van der Waals surface area contributed by atoms with Crippen molar-refractivity contribution in [3.63, 3.8) is 0 Å². The Balaban J connectivity index is 4.10. The van der Waals surface area contributed by atoms with Crippen LogP contribution in [-0.4, -0.2) is 36.0 Å². The van der Waals surface area contributed by atoms with Crippen molar-refractivity contribution < 1.29 is 4.79 Å². The van der Waals surface area contributed by atoms with Gasteiger partial charge in [-0.1, -0.05) is 20.8 Å². The molecule has 0 aliphatic carbocycles. The zero-order chi connectivity index (χ0) is 13.3. The highest BCUT2D eigenvalue weighted by atomic mass is 32.2. The van der Waals surface area contributed by atoms with E-state index in [9.17, 15) is 4.79 Å². The third kappa shape index (κ3) is 6.94. The number of hydrogen-bond donors (Lipinski definition) is 2. The van der Waals surface area contributed by atoms with Crippen LogP contribution in [0.5, 0.6) is 0 Å². The summed E-state index contributed by atoms with van der Waals surface area (Å²) in [5.41, 5.74) is 0. The standard InChI is InChI=1S/C13H28N2OS/c1-6-11(7-2)15-13(16)10(4)14-12(8-3)9-17-5/h10-12,14H,6-9H2,1-5H3,(H,15,16). The fourth-order valence-corrected chi connectivity index (χ4v) is 2.47. The van der Waals surface area contributed by atoms with Gasteiger partial charge in [0, 0.05) is 17.8 Å². The lowest BCUT2D eigenvalue weighted by Gasteiger charge is -2.23. The Morgan fingerprint density at radius 2 is 1.65 bits per heavy atom. The first-order valence-electron chi connectivity index (χ1n) is 6.64. The lowest BCUT2D eigenvalue weighted by Crippen LogP contribution is -2.49. The van der Waals surface area contributed by atoms with E-state index >= 15 is 0 Å². The van der Waals surface area contributed by atoms with E-state index in [2.05, 4.69) is 37.7 Å². The van der Waals surface area contributed by atoms with Crippen molar-refractivity contribution in [2.75, 3.05) is 12.0 Å². The lowest BCUT2D eigenvalue weighted by molar-refractivity contribution is -0.123. The molecule has 2 unspecified atom stereocenters. The summed E-state index contributed by atoms with van der Waals surface area (Å²) in [6, 6.07) is 0.632. The van der Waals surface area contributed by atoms with Crippen molar-refractivity contribution in [2.24, 2.45) is 0 Å². The third-order valence-electron chi connectivity index (χ3n) is 3.07. The highest BCUT2D eigenvalue weighted by Gasteiger charge is 2.18. The SMILES string of the molecule is CCC(CC)NC(=O)C(C)NC(CC)CSC. The zero-order valence-corrected chi connectivity index (χ0v) is 12.7. The molecule has 3 nitrogen and oxygen atoms in total. The highest BCUT2D eigenvalue weighted by molar-refractivity contribution is 7.98. The monoisotopic (exact) mass is 260 g/mol. The van der Waals surface area contributed by atoms with E-state index in [1.54, 1.807) is 0 Å². The molecule has 0 saturated carbocycles. The Morgan fingerprint density at radius 1 is 1.12 bits per heavy atom. The van der Waals surface area contributed by atoms with Crippen LogP contribution in [0.1, 0.15) is 47.0 Å². The number of thioether (sulfide) groups is 1. The van der Waals surface area contributed by atoms with Crippen LogP contribution in [0.2, 0.25) is 0 Å². The average molecular weight is 260 g/mol. The number of carbonyl (C=O) groups is 1. The van der Waals surface area contributed by atoms with Gasteiger partial charge in [-0.25, -0.2) is 0 Å². The minimum Gasteiger partial charge on any atom is -0.352 e. The Kier molecular flexibility index (Phi) is 9.65. The van der Waals surface area contributed by atoms with Crippen LogP contribution >= 0.6 is 11.8 Å². The number of amides is 1. The first-order chi connectivity index (χ1) is 8.08. The second-order valence-corrected chi connectivity index (χ2v) is 5.38. The normalized spacial score (nSPS) is 14.7. The van der Waals surface area contributed by atoms with Gasteiger partial charge in [0.1, 0.15) is 0 Å². The smallest absolute Gasteiger partial charge is 0.237 e. The molecule has 4 heteroatoms. The predicted molar refractivity (Wildman–Crippen MR) is 77.6 cm³/mol. The van der Waals surface area contributed by atoms with Crippen molar-refractivity contribution in [3.05, 3.63) is 0 Å². The summed E-state index contributed by atoms with van der Waals surface area (Å²) in [5, 5.41) is 6.47. The van der Waals surface area contributed by atoms with Crippen molar-refractivity contribution in [1.29, 1.82) is 0 Å². The van der Waals surface area contributed by atoms with Gasteiger partial charge in [-0.3, -0.25) is 4.79 Å². The van der Waals surface area contributed by atoms with Crippen molar-refractivity contribution in [1.82, 2.24) is 10.6 Å². The Bertz CT molecular complexity index is 208. The highest BCUT2D eigenvalue weighted by Crippen LogP contribution is 2.03. The summed E-state index contributed by atoms with van der Waals surface area (Å²) >= 11 is 1.82. The number of carbonyl (C=O) groups excluding carboxylic acids is 1. The topological polar surface area (TPSA) is 41.1 Å². The maximum absolute atomic E-state index is 11.9. The first kappa shape index (κ1) is 16.8. The van der Waals surface area contributed by atoms with Crippen LogP contribution in [0.4, 0.5) is 0 Å². The molecular weight excluding hydrogens is 232 g/mol. The van der Waals surface area contributed by atoms with Crippen LogP contribution < -0.4 is 10.6 Å². The number of rotatable bonds is 9. The van der Waals surface area contributed by atoms with Crippen LogP contribution in [-0.2, 0) is 4.79 Å². The van der Waals surface area contributed by atoms with Crippen molar-refractivity contribution in [2.45, 2.75) is 65.1 Å². The van der Waals surface area contributed by atoms with Crippen LogP contribution in [0.25, 0.3) is 0 Å². The molecule has 0 bridgehead atoms. The maximum Gasteiger partial charge on any atom is 0.237 e. The molecule has 17 heavy (non-hydrogen) atoms. The molecule has 102 valence electrons. The average Bonchev–Trinajstić information content (AvgIpc) is 2.34. The Hall–Kier alpha value is -0.220. The molecule has 0 aromatic heterocycles. The van der Waals surface area contributed by atoms with E-state index in [4.69, 9.17) is 0 Å². The van der Waals surface area contributed by atoms with E-state index in [1.165, 1.54) is 0 Å². The molecule has 2 atom stereocenters.